The van der Waals surface area contributed by atoms with E-state index >= 15 is 0 Å². The van der Waals surface area contributed by atoms with Crippen LogP contribution >= 0.6 is 11.3 Å². The third-order valence-corrected chi connectivity index (χ3v) is 6.09. The highest BCUT2D eigenvalue weighted by molar-refractivity contribution is 7.18. The lowest BCUT2D eigenvalue weighted by Crippen LogP contribution is -2.02. The number of aromatic nitrogens is 4. The number of pyridine rings is 1. The largest absolute Gasteiger partial charge is 0.384 e. The number of anilines is 2. The standard InChI is InChI=1S/C21H20N6S/c1-12-5-2-3-8-16(12)27-19-14(6-4-7-15-20(19)28-21(23)25-15)18(26-27)13-9-10-17(22)24-11-13/h2-3,5,8-11H,4,6-7H2,1H3,(H2,22,24)(H2,23,25). The molecule has 4 N–H and O–H groups in total. The van der Waals surface area contributed by atoms with E-state index in [-0.39, 0.29) is 0 Å². The first kappa shape index (κ1) is 16.9. The Labute approximate surface area is 166 Å². The summed E-state index contributed by atoms with van der Waals surface area (Å²) in [6, 6.07) is 12.1. The smallest absolute Gasteiger partial charge is 0.180 e. The Morgan fingerprint density at radius 1 is 1.07 bits per heavy atom. The molecule has 1 aliphatic rings. The molecule has 0 saturated heterocycles. The summed E-state index contributed by atoms with van der Waals surface area (Å²) in [4.78, 5) is 9.98. The zero-order valence-electron chi connectivity index (χ0n) is 15.5. The Bertz CT molecular complexity index is 1170. The topological polar surface area (TPSA) is 95.6 Å². The molecule has 0 saturated carbocycles. The molecule has 4 aromatic rings. The van der Waals surface area contributed by atoms with Crippen molar-refractivity contribution in [2.75, 3.05) is 11.5 Å². The van der Waals surface area contributed by atoms with Crippen LogP contribution in [0.15, 0.2) is 42.6 Å². The number of hydrogen-bond donors (Lipinski definition) is 2. The summed E-state index contributed by atoms with van der Waals surface area (Å²) in [7, 11) is 0. The second-order valence-corrected chi connectivity index (χ2v) is 8.06. The maximum atomic E-state index is 6.07. The van der Waals surface area contributed by atoms with Crippen LogP contribution in [0.2, 0.25) is 0 Å². The van der Waals surface area contributed by atoms with Gasteiger partial charge in [-0.1, -0.05) is 29.5 Å². The van der Waals surface area contributed by atoms with Crippen molar-refractivity contribution in [2.24, 2.45) is 0 Å². The number of nitrogens with two attached hydrogens (primary N) is 2. The second-order valence-electron chi connectivity index (χ2n) is 7.03. The molecule has 0 spiro atoms. The van der Waals surface area contributed by atoms with Gasteiger partial charge in [-0.3, -0.25) is 0 Å². The molecule has 1 aliphatic carbocycles. The molecular formula is C21H20N6S. The van der Waals surface area contributed by atoms with Gasteiger partial charge in [0.1, 0.15) is 5.82 Å². The number of para-hydroxylation sites is 1. The lowest BCUT2D eigenvalue weighted by Gasteiger charge is -2.10. The summed E-state index contributed by atoms with van der Waals surface area (Å²) in [5.41, 5.74) is 19.4. The summed E-state index contributed by atoms with van der Waals surface area (Å²) < 4.78 is 2.05. The van der Waals surface area contributed by atoms with Gasteiger partial charge < -0.3 is 11.5 Å². The van der Waals surface area contributed by atoms with Crippen LogP contribution in [-0.2, 0) is 12.8 Å². The van der Waals surface area contributed by atoms with Crippen molar-refractivity contribution in [2.45, 2.75) is 26.2 Å². The quantitative estimate of drug-likeness (QED) is 0.541. The Morgan fingerprint density at radius 2 is 1.93 bits per heavy atom. The number of nitrogens with zero attached hydrogens (tertiary/aromatic N) is 4. The number of aryl methyl sites for hydroxylation is 2. The third kappa shape index (κ3) is 2.66. The Morgan fingerprint density at radius 3 is 2.71 bits per heavy atom. The van der Waals surface area contributed by atoms with Crippen LogP contribution in [-0.4, -0.2) is 19.7 Å². The number of nitrogen functional groups attached to an aromatic ring is 2. The molecule has 0 fully saturated rings. The van der Waals surface area contributed by atoms with Crippen molar-refractivity contribution < 1.29 is 0 Å². The van der Waals surface area contributed by atoms with Gasteiger partial charge in [0.05, 0.1) is 27.6 Å². The zero-order chi connectivity index (χ0) is 19.3. The summed E-state index contributed by atoms with van der Waals surface area (Å²) in [6.07, 6.45) is 4.67. The van der Waals surface area contributed by atoms with Crippen LogP contribution in [0.1, 0.15) is 23.2 Å². The fraction of sp³-hybridized carbons (Fsp3) is 0.190. The minimum atomic E-state index is 0.505. The second kappa shape index (κ2) is 6.45. The fourth-order valence-electron chi connectivity index (χ4n) is 3.83. The minimum Gasteiger partial charge on any atom is -0.384 e. The van der Waals surface area contributed by atoms with Crippen LogP contribution in [0.5, 0.6) is 0 Å². The number of thiazole rings is 1. The van der Waals surface area contributed by atoms with Crippen LogP contribution in [0.25, 0.3) is 27.5 Å². The maximum Gasteiger partial charge on any atom is 0.180 e. The van der Waals surface area contributed by atoms with Crippen molar-refractivity contribution in [3.63, 3.8) is 0 Å². The Kier molecular flexibility index (Phi) is 3.91. The number of fused-ring (bicyclic) bond motifs is 3. The SMILES string of the molecule is Cc1ccccc1-n1nc(-c2ccc(N)nc2)c2c1-c1sc(N)nc1CCC2. The molecule has 7 heteroatoms. The predicted molar refractivity (Wildman–Crippen MR) is 113 cm³/mol. The van der Waals surface area contributed by atoms with Gasteiger partial charge in [-0.05, 0) is 49.9 Å². The Hall–Kier alpha value is -3.19. The summed E-state index contributed by atoms with van der Waals surface area (Å²) in [5, 5.41) is 5.65. The van der Waals surface area contributed by atoms with Crippen LogP contribution in [0.3, 0.4) is 0 Å². The van der Waals surface area contributed by atoms with E-state index in [1.165, 1.54) is 5.56 Å². The van der Waals surface area contributed by atoms with E-state index < -0.39 is 0 Å². The average Bonchev–Trinajstić information content (AvgIpc) is 3.18. The zero-order valence-corrected chi connectivity index (χ0v) is 16.3. The fourth-order valence-corrected chi connectivity index (χ4v) is 4.77. The highest BCUT2D eigenvalue weighted by Gasteiger charge is 2.28. The first-order valence-corrected chi connectivity index (χ1v) is 10.1. The molecule has 0 unspecified atom stereocenters. The van der Waals surface area contributed by atoms with Crippen molar-refractivity contribution in [1.29, 1.82) is 0 Å². The van der Waals surface area contributed by atoms with E-state index in [0.29, 0.717) is 10.9 Å². The predicted octanol–water partition coefficient (Wildman–Crippen LogP) is 4.02. The number of rotatable bonds is 2. The molecule has 28 heavy (non-hydrogen) atoms. The van der Waals surface area contributed by atoms with Gasteiger partial charge in [0.15, 0.2) is 5.13 Å². The summed E-state index contributed by atoms with van der Waals surface area (Å²) in [6.45, 7) is 2.10. The number of benzene rings is 1. The van der Waals surface area contributed by atoms with E-state index in [0.717, 1.165) is 58.0 Å². The van der Waals surface area contributed by atoms with Gasteiger partial charge >= 0.3 is 0 Å². The molecule has 0 bridgehead atoms. The molecule has 3 aromatic heterocycles. The molecule has 0 aliphatic heterocycles. The average molecular weight is 389 g/mol. The van der Waals surface area contributed by atoms with E-state index in [2.05, 4.69) is 33.7 Å². The van der Waals surface area contributed by atoms with Crippen molar-refractivity contribution in [1.82, 2.24) is 19.7 Å². The summed E-state index contributed by atoms with van der Waals surface area (Å²) >= 11 is 1.54. The molecule has 6 nitrogen and oxygen atoms in total. The first-order valence-electron chi connectivity index (χ1n) is 9.27. The number of hydrogen-bond acceptors (Lipinski definition) is 6. The van der Waals surface area contributed by atoms with Crippen LogP contribution in [0, 0.1) is 6.92 Å². The third-order valence-electron chi connectivity index (χ3n) is 5.16. The minimum absolute atomic E-state index is 0.505. The van der Waals surface area contributed by atoms with Crippen molar-refractivity contribution >= 4 is 22.3 Å². The van der Waals surface area contributed by atoms with Gasteiger partial charge in [-0.15, -0.1) is 0 Å². The highest BCUT2D eigenvalue weighted by atomic mass is 32.1. The summed E-state index contributed by atoms with van der Waals surface area (Å²) in [5.74, 6) is 0.505. The maximum absolute atomic E-state index is 6.07. The van der Waals surface area contributed by atoms with Crippen LogP contribution in [0.4, 0.5) is 10.9 Å². The van der Waals surface area contributed by atoms with Gasteiger partial charge in [0.2, 0.25) is 0 Å². The van der Waals surface area contributed by atoms with E-state index in [9.17, 15) is 0 Å². The lowest BCUT2D eigenvalue weighted by molar-refractivity contribution is 0.818. The molecular weight excluding hydrogens is 368 g/mol. The Balaban J connectivity index is 1.83. The first-order chi connectivity index (χ1) is 13.6. The normalized spacial score (nSPS) is 13.0. The monoisotopic (exact) mass is 388 g/mol. The van der Waals surface area contributed by atoms with Crippen molar-refractivity contribution in [3.8, 4) is 27.5 Å². The lowest BCUT2D eigenvalue weighted by atomic mass is 10.0. The van der Waals surface area contributed by atoms with Gasteiger partial charge in [0, 0.05) is 17.3 Å². The molecule has 3 heterocycles. The molecule has 140 valence electrons. The van der Waals surface area contributed by atoms with Gasteiger partial charge in [-0.2, -0.15) is 5.10 Å². The van der Waals surface area contributed by atoms with Crippen LogP contribution < -0.4 is 11.5 Å². The van der Waals surface area contributed by atoms with E-state index in [1.54, 1.807) is 17.5 Å². The van der Waals surface area contributed by atoms with Gasteiger partial charge in [0.25, 0.3) is 0 Å². The molecule has 0 atom stereocenters. The van der Waals surface area contributed by atoms with E-state index in [4.69, 9.17) is 16.6 Å². The highest BCUT2D eigenvalue weighted by Crippen LogP contribution is 2.42. The van der Waals surface area contributed by atoms with Crippen molar-refractivity contribution in [3.05, 3.63) is 59.4 Å². The molecule has 0 radical (unpaired) electrons. The van der Waals surface area contributed by atoms with E-state index in [1.807, 2.05) is 24.3 Å². The van der Waals surface area contributed by atoms with Gasteiger partial charge in [-0.25, -0.2) is 14.6 Å². The molecule has 1 aromatic carbocycles. The molecule has 5 rings (SSSR count). The molecule has 0 amide bonds.